The average molecular weight is 456 g/mol. The Kier molecular flexibility index (Phi) is 7.10. The lowest BCUT2D eigenvalue weighted by molar-refractivity contribution is 0.775. The number of nitriles is 1. The van der Waals surface area contributed by atoms with E-state index in [4.69, 9.17) is 34.8 Å². The standard InChI is InChI=1S/C25H21Cl3N2/c1-15-7-8-24(20(9-15)14-29)18-5-4-6-23(12-18)30-17(3)25(16(2)26)19-10-21(27)13-22(28)11-19/h4-13,16,25,30H,3H2,1-2H3. The van der Waals surface area contributed by atoms with Crippen molar-refractivity contribution in [2.24, 2.45) is 0 Å². The van der Waals surface area contributed by atoms with E-state index in [-0.39, 0.29) is 11.3 Å². The van der Waals surface area contributed by atoms with E-state index in [0.717, 1.165) is 33.6 Å². The molecule has 5 heteroatoms. The fourth-order valence-corrected chi connectivity index (χ4v) is 4.37. The van der Waals surface area contributed by atoms with Gasteiger partial charge in [0.15, 0.2) is 0 Å². The third kappa shape index (κ3) is 5.18. The van der Waals surface area contributed by atoms with Gasteiger partial charge >= 0.3 is 0 Å². The second-order valence-electron chi connectivity index (χ2n) is 7.25. The van der Waals surface area contributed by atoms with Gasteiger partial charge in [-0.2, -0.15) is 5.26 Å². The lowest BCUT2D eigenvalue weighted by Gasteiger charge is -2.24. The molecule has 0 radical (unpaired) electrons. The number of allylic oxidation sites excluding steroid dienone is 1. The van der Waals surface area contributed by atoms with E-state index in [1.807, 2.05) is 68.4 Å². The first kappa shape index (κ1) is 22.2. The van der Waals surface area contributed by atoms with Gasteiger partial charge in [-0.15, -0.1) is 11.6 Å². The van der Waals surface area contributed by atoms with Crippen LogP contribution in [0.25, 0.3) is 11.1 Å². The zero-order chi connectivity index (χ0) is 21.8. The fourth-order valence-electron chi connectivity index (χ4n) is 3.53. The van der Waals surface area contributed by atoms with E-state index >= 15 is 0 Å². The van der Waals surface area contributed by atoms with Crippen LogP contribution in [0.2, 0.25) is 10.0 Å². The zero-order valence-electron chi connectivity index (χ0n) is 16.7. The minimum Gasteiger partial charge on any atom is -0.359 e. The highest BCUT2D eigenvalue weighted by Crippen LogP contribution is 2.35. The fraction of sp³-hybridized carbons (Fsp3) is 0.160. The molecule has 3 aromatic carbocycles. The molecule has 2 nitrogen and oxygen atoms in total. The Balaban J connectivity index is 1.91. The van der Waals surface area contributed by atoms with Gasteiger partial charge in [0.1, 0.15) is 0 Å². The number of aryl methyl sites for hydroxylation is 1. The lowest BCUT2D eigenvalue weighted by atomic mass is 9.93. The summed E-state index contributed by atoms with van der Waals surface area (Å²) in [6.07, 6.45) is 0. The molecule has 30 heavy (non-hydrogen) atoms. The number of nitrogens with zero attached hydrogens (tertiary/aromatic N) is 1. The van der Waals surface area contributed by atoms with E-state index in [1.54, 1.807) is 6.07 Å². The SMILES string of the molecule is C=C(Nc1cccc(-c2ccc(C)cc2C#N)c1)C(c1cc(Cl)cc(Cl)c1)C(C)Cl. The van der Waals surface area contributed by atoms with Crippen LogP contribution in [-0.4, -0.2) is 5.38 Å². The van der Waals surface area contributed by atoms with Crippen LogP contribution < -0.4 is 5.32 Å². The molecule has 0 spiro atoms. The van der Waals surface area contributed by atoms with E-state index < -0.39 is 0 Å². The highest BCUT2D eigenvalue weighted by Gasteiger charge is 2.22. The van der Waals surface area contributed by atoms with Gasteiger partial charge in [-0.3, -0.25) is 0 Å². The summed E-state index contributed by atoms with van der Waals surface area (Å²) in [4.78, 5) is 0. The monoisotopic (exact) mass is 454 g/mol. The maximum absolute atomic E-state index is 9.51. The van der Waals surface area contributed by atoms with Crippen molar-refractivity contribution in [1.29, 1.82) is 5.26 Å². The summed E-state index contributed by atoms with van der Waals surface area (Å²) in [6.45, 7) is 8.11. The molecule has 152 valence electrons. The molecule has 0 bridgehead atoms. The van der Waals surface area contributed by atoms with E-state index in [1.165, 1.54) is 0 Å². The van der Waals surface area contributed by atoms with Gasteiger partial charge in [0.25, 0.3) is 0 Å². The maximum Gasteiger partial charge on any atom is 0.0998 e. The minimum absolute atomic E-state index is 0.194. The summed E-state index contributed by atoms with van der Waals surface area (Å²) < 4.78 is 0. The first-order valence-electron chi connectivity index (χ1n) is 9.45. The van der Waals surface area contributed by atoms with Crippen LogP contribution in [0, 0.1) is 18.3 Å². The third-order valence-corrected chi connectivity index (χ3v) is 5.54. The first-order valence-corrected chi connectivity index (χ1v) is 10.6. The van der Waals surface area contributed by atoms with Gasteiger partial charge in [-0.1, -0.05) is 54.0 Å². The number of alkyl halides is 1. The van der Waals surface area contributed by atoms with Crippen LogP contribution in [-0.2, 0) is 0 Å². The molecular weight excluding hydrogens is 435 g/mol. The van der Waals surface area contributed by atoms with Crippen molar-refractivity contribution in [2.45, 2.75) is 25.1 Å². The van der Waals surface area contributed by atoms with Crippen LogP contribution in [0.3, 0.4) is 0 Å². The summed E-state index contributed by atoms with van der Waals surface area (Å²) in [7, 11) is 0. The van der Waals surface area contributed by atoms with Gasteiger partial charge in [-0.25, -0.2) is 0 Å². The summed E-state index contributed by atoms with van der Waals surface area (Å²) in [6, 6.07) is 21.4. The van der Waals surface area contributed by atoms with Crippen LogP contribution in [0.5, 0.6) is 0 Å². The maximum atomic E-state index is 9.51. The summed E-state index contributed by atoms with van der Waals surface area (Å²) >= 11 is 18.9. The Bertz CT molecular complexity index is 1110. The molecule has 3 rings (SSSR count). The second kappa shape index (κ2) is 9.58. The molecule has 0 aromatic heterocycles. The van der Waals surface area contributed by atoms with Gasteiger partial charge in [0.05, 0.1) is 11.6 Å². The average Bonchev–Trinajstić information content (AvgIpc) is 2.67. The quantitative estimate of drug-likeness (QED) is 0.380. The summed E-state index contributed by atoms with van der Waals surface area (Å²) in [5.41, 5.74) is 6.03. The Hall–Kier alpha value is -2.44. The molecule has 3 aromatic rings. The molecule has 0 aliphatic heterocycles. The number of nitrogens with one attached hydrogen (secondary N) is 1. The van der Waals surface area contributed by atoms with Crippen molar-refractivity contribution in [3.8, 4) is 17.2 Å². The Morgan fingerprint density at radius 1 is 1.03 bits per heavy atom. The van der Waals surface area contributed by atoms with Crippen LogP contribution in [0.4, 0.5) is 5.69 Å². The molecule has 0 aliphatic carbocycles. The number of halogens is 3. The number of hydrogen-bond donors (Lipinski definition) is 1. The zero-order valence-corrected chi connectivity index (χ0v) is 19.0. The summed E-state index contributed by atoms with van der Waals surface area (Å²) in [5, 5.41) is 13.8. The van der Waals surface area contributed by atoms with E-state index in [2.05, 4.69) is 18.0 Å². The molecule has 0 amide bonds. The Morgan fingerprint density at radius 3 is 2.37 bits per heavy atom. The normalized spacial score (nSPS) is 12.7. The highest BCUT2D eigenvalue weighted by molar-refractivity contribution is 6.34. The van der Waals surface area contributed by atoms with E-state index in [0.29, 0.717) is 15.6 Å². The van der Waals surface area contributed by atoms with Crippen LogP contribution in [0.15, 0.2) is 72.9 Å². The van der Waals surface area contributed by atoms with Crippen LogP contribution >= 0.6 is 34.8 Å². The van der Waals surface area contributed by atoms with Crippen molar-refractivity contribution >= 4 is 40.5 Å². The number of rotatable bonds is 6. The Morgan fingerprint density at radius 2 is 1.73 bits per heavy atom. The predicted octanol–water partition coefficient (Wildman–Crippen LogP) is 8.18. The highest BCUT2D eigenvalue weighted by atomic mass is 35.5. The molecule has 0 aliphatic rings. The predicted molar refractivity (Wildman–Crippen MR) is 129 cm³/mol. The lowest BCUT2D eigenvalue weighted by Crippen LogP contribution is -2.17. The molecule has 0 fully saturated rings. The molecular formula is C25H21Cl3N2. The van der Waals surface area contributed by atoms with Gasteiger partial charge in [-0.05, 0) is 72.5 Å². The smallest absolute Gasteiger partial charge is 0.0998 e. The first-order chi connectivity index (χ1) is 14.3. The molecule has 1 N–H and O–H groups in total. The van der Waals surface area contributed by atoms with E-state index in [9.17, 15) is 5.26 Å². The van der Waals surface area contributed by atoms with Crippen molar-refractivity contribution in [2.75, 3.05) is 5.32 Å². The topological polar surface area (TPSA) is 35.8 Å². The van der Waals surface area contributed by atoms with Gasteiger partial charge in [0, 0.05) is 32.7 Å². The number of hydrogen-bond acceptors (Lipinski definition) is 2. The second-order valence-corrected chi connectivity index (χ2v) is 8.81. The van der Waals surface area contributed by atoms with Gasteiger partial charge in [0.2, 0.25) is 0 Å². The largest absolute Gasteiger partial charge is 0.359 e. The molecule has 0 saturated carbocycles. The minimum atomic E-state index is -0.231. The van der Waals surface area contributed by atoms with Crippen molar-refractivity contribution in [1.82, 2.24) is 0 Å². The van der Waals surface area contributed by atoms with Crippen molar-refractivity contribution in [3.63, 3.8) is 0 Å². The summed E-state index contributed by atoms with van der Waals surface area (Å²) in [5.74, 6) is -0.194. The number of benzene rings is 3. The molecule has 2 atom stereocenters. The molecule has 0 saturated heterocycles. The molecule has 2 unspecified atom stereocenters. The van der Waals surface area contributed by atoms with Crippen molar-refractivity contribution in [3.05, 3.63) is 99.7 Å². The molecule has 0 heterocycles. The van der Waals surface area contributed by atoms with Gasteiger partial charge < -0.3 is 5.32 Å². The van der Waals surface area contributed by atoms with Crippen LogP contribution in [0.1, 0.15) is 29.5 Å². The number of anilines is 1. The van der Waals surface area contributed by atoms with Crippen molar-refractivity contribution < 1.29 is 0 Å². The third-order valence-electron chi connectivity index (χ3n) is 4.85. The Labute approximate surface area is 192 Å².